The third-order valence-electron chi connectivity index (χ3n) is 4.08. The van der Waals surface area contributed by atoms with Gasteiger partial charge in [0, 0.05) is 11.8 Å². The Bertz CT molecular complexity index is 504. The van der Waals surface area contributed by atoms with Crippen molar-refractivity contribution < 1.29 is 9.18 Å². The number of allylic oxidation sites excluding steroid dienone is 2. The first-order valence-electron chi connectivity index (χ1n) is 6.21. The largest absolute Gasteiger partial charge is 0.295 e. The van der Waals surface area contributed by atoms with E-state index < -0.39 is 0 Å². The predicted octanol–water partition coefficient (Wildman–Crippen LogP) is 3.32. The molecule has 1 aromatic carbocycles. The van der Waals surface area contributed by atoms with E-state index >= 15 is 0 Å². The number of carbonyl (C=O) groups is 1. The summed E-state index contributed by atoms with van der Waals surface area (Å²) in [5.41, 5.74) is 2.27. The van der Waals surface area contributed by atoms with Crippen molar-refractivity contribution in [3.63, 3.8) is 0 Å². The highest BCUT2D eigenvalue weighted by Gasteiger charge is 2.36. The smallest absolute Gasteiger partial charge is 0.155 e. The fourth-order valence-corrected chi connectivity index (χ4v) is 3.16. The van der Waals surface area contributed by atoms with Gasteiger partial charge in [-0.15, -0.1) is 0 Å². The Morgan fingerprint density at radius 2 is 2.06 bits per heavy atom. The predicted molar refractivity (Wildman–Crippen MR) is 64.4 cm³/mol. The normalized spacial score (nSPS) is 27.2. The maximum atomic E-state index is 13.4. The molecule has 2 aliphatic rings. The van der Waals surface area contributed by atoms with Crippen molar-refractivity contribution >= 4 is 5.78 Å². The van der Waals surface area contributed by atoms with E-state index in [9.17, 15) is 9.18 Å². The van der Waals surface area contributed by atoms with E-state index in [1.165, 1.54) is 11.6 Å². The summed E-state index contributed by atoms with van der Waals surface area (Å²) in [6, 6.07) is 5.10. The first-order valence-corrected chi connectivity index (χ1v) is 6.21. The Kier molecular flexibility index (Phi) is 2.39. The van der Waals surface area contributed by atoms with Crippen LogP contribution >= 0.6 is 0 Å². The number of ketones is 1. The molecule has 0 fully saturated rings. The molecule has 1 spiro atoms. The molecule has 1 aromatic rings. The second kappa shape index (κ2) is 3.80. The highest BCUT2D eigenvalue weighted by atomic mass is 19.1. The number of rotatable bonds is 0. The van der Waals surface area contributed by atoms with E-state index in [0.29, 0.717) is 6.42 Å². The standard InChI is InChI=1S/C15H15FO/c16-12-4-3-11-2-1-7-15(14(11)10-12)8-5-13(17)6-9-15/h3-5,8,10H,1-2,6-7,9H2/t15-/m0/s1. The van der Waals surface area contributed by atoms with Gasteiger partial charge in [0.1, 0.15) is 5.82 Å². The molecule has 0 aromatic heterocycles. The van der Waals surface area contributed by atoms with E-state index in [-0.39, 0.29) is 17.0 Å². The van der Waals surface area contributed by atoms with Crippen molar-refractivity contribution in [3.8, 4) is 0 Å². The SMILES string of the molecule is O=C1C=C[C@@]2(CCCc3ccc(F)cc32)CC1. The topological polar surface area (TPSA) is 17.1 Å². The quantitative estimate of drug-likeness (QED) is 0.668. The van der Waals surface area contributed by atoms with E-state index in [1.807, 2.05) is 12.1 Å². The van der Waals surface area contributed by atoms with Crippen molar-refractivity contribution in [1.29, 1.82) is 0 Å². The molecule has 0 aliphatic heterocycles. The molecule has 2 aliphatic carbocycles. The van der Waals surface area contributed by atoms with Gasteiger partial charge in [-0.25, -0.2) is 4.39 Å². The van der Waals surface area contributed by atoms with Gasteiger partial charge in [-0.05, 0) is 55.0 Å². The van der Waals surface area contributed by atoms with Crippen LogP contribution in [0.25, 0.3) is 0 Å². The zero-order valence-corrected chi connectivity index (χ0v) is 9.71. The van der Waals surface area contributed by atoms with Gasteiger partial charge in [0.25, 0.3) is 0 Å². The number of hydrogen-bond donors (Lipinski definition) is 0. The molecular weight excluding hydrogens is 215 g/mol. The molecule has 0 bridgehead atoms. The number of benzene rings is 1. The molecule has 0 N–H and O–H groups in total. The van der Waals surface area contributed by atoms with Crippen LogP contribution in [0.2, 0.25) is 0 Å². The Hall–Kier alpha value is -1.44. The van der Waals surface area contributed by atoms with Crippen molar-refractivity contribution in [1.82, 2.24) is 0 Å². The summed E-state index contributed by atoms with van der Waals surface area (Å²) < 4.78 is 13.4. The molecule has 1 nitrogen and oxygen atoms in total. The molecular formula is C15H15FO. The van der Waals surface area contributed by atoms with Crippen LogP contribution in [0.5, 0.6) is 0 Å². The summed E-state index contributed by atoms with van der Waals surface area (Å²) in [6.45, 7) is 0. The molecule has 3 rings (SSSR count). The minimum atomic E-state index is -0.171. The average molecular weight is 230 g/mol. The minimum Gasteiger partial charge on any atom is -0.295 e. The second-order valence-electron chi connectivity index (χ2n) is 5.11. The fourth-order valence-electron chi connectivity index (χ4n) is 3.16. The van der Waals surface area contributed by atoms with Crippen molar-refractivity contribution in [3.05, 3.63) is 47.3 Å². The fraction of sp³-hybridized carbons (Fsp3) is 0.400. The summed E-state index contributed by atoms with van der Waals surface area (Å²) in [6.07, 6.45) is 8.30. The number of halogens is 1. The average Bonchev–Trinajstić information content (AvgIpc) is 2.34. The summed E-state index contributed by atoms with van der Waals surface area (Å²) in [7, 11) is 0. The summed E-state index contributed by atoms with van der Waals surface area (Å²) in [5.74, 6) is 0.0227. The van der Waals surface area contributed by atoms with E-state index in [4.69, 9.17) is 0 Å². The second-order valence-corrected chi connectivity index (χ2v) is 5.11. The molecule has 0 radical (unpaired) electrons. The van der Waals surface area contributed by atoms with E-state index in [0.717, 1.165) is 31.2 Å². The van der Waals surface area contributed by atoms with Crippen LogP contribution in [-0.4, -0.2) is 5.78 Å². The van der Waals surface area contributed by atoms with Gasteiger partial charge in [-0.1, -0.05) is 12.1 Å². The van der Waals surface area contributed by atoms with Gasteiger partial charge in [-0.3, -0.25) is 4.79 Å². The monoisotopic (exact) mass is 230 g/mol. The Morgan fingerprint density at radius 1 is 1.18 bits per heavy atom. The van der Waals surface area contributed by atoms with Crippen LogP contribution in [0, 0.1) is 5.82 Å². The third kappa shape index (κ3) is 1.72. The van der Waals surface area contributed by atoms with Gasteiger partial charge in [-0.2, -0.15) is 0 Å². The molecule has 17 heavy (non-hydrogen) atoms. The molecule has 0 unspecified atom stereocenters. The first-order chi connectivity index (χ1) is 8.20. The lowest BCUT2D eigenvalue weighted by molar-refractivity contribution is -0.115. The molecule has 2 heteroatoms. The van der Waals surface area contributed by atoms with Crippen LogP contribution in [0.1, 0.15) is 36.8 Å². The van der Waals surface area contributed by atoms with Crippen molar-refractivity contribution in [2.45, 2.75) is 37.5 Å². The maximum absolute atomic E-state index is 13.4. The highest BCUT2D eigenvalue weighted by molar-refractivity contribution is 5.91. The summed E-state index contributed by atoms with van der Waals surface area (Å²) >= 11 is 0. The number of aryl methyl sites for hydroxylation is 1. The van der Waals surface area contributed by atoms with Gasteiger partial charge in [0.05, 0.1) is 0 Å². The number of fused-ring (bicyclic) bond motifs is 2. The first kappa shape index (κ1) is 10.7. The lowest BCUT2D eigenvalue weighted by Crippen LogP contribution is -2.32. The van der Waals surface area contributed by atoms with Crippen LogP contribution < -0.4 is 0 Å². The lowest BCUT2D eigenvalue weighted by Gasteiger charge is -2.38. The highest BCUT2D eigenvalue weighted by Crippen LogP contribution is 2.43. The lowest BCUT2D eigenvalue weighted by atomic mass is 9.65. The van der Waals surface area contributed by atoms with Gasteiger partial charge >= 0.3 is 0 Å². The van der Waals surface area contributed by atoms with Crippen molar-refractivity contribution in [2.24, 2.45) is 0 Å². The number of carbonyl (C=O) groups excluding carboxylic acids is 1. The number of hydrogen-bond acceptors (Lipinski definition) is 1. The van der Waals surface area contributed by atoms with Crippen LogP contribution in [-0.2, 0) is 16.6 Å². The molecule has 0 heterocycles. The Balaban J connectivity index is 2.13. The summed E-state index contributed by atoms with van der Waals surface area (Å²) in [5, 5.41) is 0. The zero-order valence-electron chi connectivity index (χ0n) is 9.71. The maximum Gasteiger partial charge on any atom is 0.155 e. The van der Waals surface area contributed by atoms with Crippen LogP contribution in [0.4, 0.5) is 4.39 Å². The molecule has 0 saturated carbocycles. The third-order valence-corrected chi connectivity index (χ3v) is 4.08. The summed E-state index contributed by atoms with van der Waals surface area (Å²) in [4.78, 5) is 11.3. The van der Waals surface area contributed by atoms with Crippen LogP contribution in [0.3, 0.4) is 0 Å². The van der Waals surface area contributed by atoms with Gasteiger partial charge in [0.2, 0.25) is 0 Å². The van der Waals surface area contributed by atoms with Crippen molar-refractivity contribution in [2.75, 3.05) is 0 Å². The minimum absolute atomic E-state index is 0.0798. The molecule has 0 saturated heterocycles. The van der Waals surface area contributed by atoms with Gasteiger partial charge in [0.15, 0.2) is 5.78 Å². The molecule has 88 valence electrons. The van der Waals surface area contributed by atoms with Gasteiger partial charge < -0.3 is 0 Å². The molecule has 0 amide bonds. The molecule has 1 atom stereocenters. The van der Waals surface area contributed by atoms with Crippen LogP contribution in [0.15, 0.2) is 30.4 Å². The van der Waals surface area contributed by atoms with E-state index in [1.54, 1.807) is 12.1 Å². The van der Waals surface area contributed by atoms with E-state index in [2.05, 4.69) is 0 Å². The zero-order chi connectivity index (χ0) is 11.9. The Morgan fingerprint density at radius 3 is 2.82 bits per heavy atom. The Labute approximate surface area is 100 Å².